The molecule has 24 heavy (non-hydrogen) atoms. The predicted molar refractivity (Wildman–Crippen MR) is 97.5 cm³/mol. The molecule has 1 amide bonds. The quantitative estimate of drug-likeness (QED) is 0.720. The molecule has 0 spiro atoms. The lowest BCUT2D eigenvalue weighted by molar-refractivity contribution is -0.118. The Hall–Kier alpha value is -2.57. The Morgan fingerprint density at radius 3 is 2.75 bits per heavy atom. The Morgan fingerprint density at radius 1 is 1.25 bits per heavy atom. The predicted octanol–water partition coefficient (Wildman–Crippen LogP) is 4.06. The molecule has 0 radical (unpaired) electrons. The Labute approximate surface area is 148 Å². The fourth-order valence-electron chi connectivity index (χ4n) is 2.04. The second-order valence-electron chi connectivity index (χ2n) is 4.94. The second-order valence-corrected chi connectivity index (χ2v) is 6.27. The van der Waals surface area contributed by atoms with Crippen LogP contribution >= 0.6 is 22.9 Å². The largest absolute Gasteiger partial charge is 0.484 e. The van der Waals surface area contributed by atoms with Gasteiger partial charge >= 0.3 is 0 Å². The number of nitrogens with two attached hydrogens (primary N) is 1. The lowest BCUT2D eigenvalue weighted by atomic mass is 10.2. The molecule has 3 aromatic rings. The molecule has 7 heteroatoms. The highest BCUT2D eigenvalue weighted by molar-refractivity contribution is 7.13. The molecule has 5 nitrogen and oxygen atoms in total. The number of nitrogens with zero attached hydrogens (tertiary/aromatic N) is 1. The van der Waals surface area contributed by atoms with Crippen molar-refractivity contribution in [2.45, 2.75) is 0 Å². The first kappa shape index (κ1) is 16.3. The summed E-state index contributed by atoms with van der Waals surface area (Å²) in [6, 6.07) is 14.2. The highest BCUT2D eigenvalue weighted by atomic mass is 35.5. The fourth-order valence-corrected chi connectivity index (χ4v) is 2.74. The number of rotatable bonds is 5. The van der Waals surface area contributed by atoms with Crippen LogP contribution in [0.4, 0.5) is 10.8 Å². The number of ether oxygens (including phenoxy) is 1. The summed E-state index contributed by atoms with van der Waals surface area (Å²) >= 11 is 7.18. The number of amides is 1. The van der Waals surface area contributed by atoms with Gasteiger partial charge in [-0.15, -0.1) is 11.3 Å². The van der Waals surface area contributed by atoms with Gasteiger partial charge in [0.2, 0.25) is 0 Å². The van der Waals surface area contributed by atoms with Crippen LogP contribution in [-0.4, -0.2) is 17.5 Å². The highest BCUT2D eigenvalue weighted by Crippen LogP contribution is 2.26. The van der Waals surface area contributed by atoms with Gasteiger partial charge in [-0.25, -0.2) is 4.98 Å². The van der Waals surface area contributed by atoms with E-state index in [2.05, 4.69) is 10.3 Å². The van der Waals surface area contributed by atoms with Gasteiger partial charge in [0.15, 0.2) is 11.7 Å². The molecule has 1 heterocycles. The SMILES string of the molecule is Nc1nc(-c2cccc(OCC(=O)Nc3ccc(Cl)cc3)c2)cs1. The van der Waals surface area contributed by atoms with Gasteiger partial charge in [0.05, 0.1) is 5.69 Å². The van der Waals surface area contributed by atoms with E-state index in [1.807, 2.05) is 23.6 Å². The Balaban J connectivity index is 1.60. The average Bonchev–Trinajstić information content (AvgIpc) is 3.02. The molecular formula is C17H14ClN3O2S. The van der Waals surface area contributed by atoms with Crippen LogP contribution in [0.25, 0.3) is 11.3 Å². The zero-order valence-corrected chi connectivity index (χ0v) is 14.1. The first-order chi connectivity index (χ1) is 11.6. The van der Waals surface area contributed by atoms with Crippen molar-refractivity contribution < 1.29 is 9.53 Å². The number of anilines is 2. The van der Waals surface area contributed by atoms with Gasteiger partial charge in [0, 0.05) is 21.7 Å². The Morgan fingerprint density at radius 2 is 2.04 bits per heavy atom. The monoisotopic (exact) mass is 359 g/mol. The summed E-state index contributed by atoms with van der Waals surface area (Å²) in [6.07, 6.45) is 0. The van der Waals surface area contributed by atoms with Crippen molar-refractivity contribution in [3.63, 3.8) is 0 Å². The molecule has 0 aliphatic heterocycles. The summed E-state index contributed by atoms with van der Waals surface area (Å²) in [4.78, 5) is 16.2. The zero-order chi connectivity index (χ0) is 16.9. The number of nitrogens with one attached hydrogen (secondary N) is 1. The van der Waals surface area contributed by atoms with Gasteiger partial charge in [0.1, 0.15) is 5.75 Å². The summed E-state index contributed by atoms with van der Waals surface area (Å²) in [5.41, 5.74) is 7.99. The first-order valence-corrected chi connectivity index (χ1v) is 8.35. The minimum atomic E-state index is -0.249. The van der Waals surface area contributed by atoms with E-state index in [0.29, 0.717) is 21.6 Å². The number of aromatic nitrogens is 1. The zero-order valence-electron chi connectivity index (χ0n) is 12.5. The molecular weight excluding hydrogens is 346 g/mol. The Kier molecular flexibility index (Phi) is 4.98. The average molecular weight is 360 g/mol. The van der Waals surface area contributed by atoms with Crippen LogP contribution in [0, 0.1) is 0 Å². The van der Waals surface area contributed by atoms with Crippen LogP contribution in [0.15, 0.2) is 53.9 Å². The summed E-state index contributed by atoms with van der Waals surface area (Å²) in [6.45, 7) is -0.0920. The summed E-state index contributed by atoms with van der Waals surface area (Å²) < 4.78 is 5.54. The van der Waals surface area contributed by atoms with Crippen LogP contribution in [0.1, 0.15) is 0 Å². The number of carbonyl (C=O) groups is 1. The molecule has 3 N–H and O–H groups in total. The van der Waals surface area contributed by atoms with Crippen molar-refractivity contribution >= 4 is 39.7 Å². The standard InChI is InChI=1S/C17H14ClN3O2S/c18-12-4-6-13(7-5-12)20-16(22)9-23-14-3-1-2-11(8-14)15-10-24-17(19)21-15/h1-8,10H,9H2,(H2,19,21)(H,20,22). The molecule has 0 saturated heterocycles. The molecule has 0 unspecified atom stereocenters. The molecule has 122 valence electrons. The lowest BCUT2D eigenvalue weighted by Gasteiger charge is -2.08. The topological polar surface area (TPSA) is 77.2 Å². The number of nitrogen functional groups attached to an aromatic ring is 1. The maximum Gasteiger partial charge on any atom is 0.262 e. The molecule has 0 bridgehead atoms. The summed E-state index contributed by atoms with van der Waals surface area (Å²) in [7, 11) is 0. The van der Waals surface area contributed by atoms with Crippen LogP contribution in [0.5, 0.6) is 5.75 Å². The van der Waals surface area contributed by atoms with Gasteiger partial charge < -0.3 is 15.8 Å². The van der Waals surface area contributed by atoms with Crippen LogP contribution < -0.4 is 15.8 Å². The molecule has 0 atom stereocenters. The van der Waals surface area contributed by atoms with Gasteiger partial charge in [-0.05, 0) is 36.4 Å². The van der Waals surface area contributed by atoms with Crippen LogP contribution in [-0.2, 0) is 4.79 Å². The second kappa shape index (κ2) is 7.33. The van der Waals surface area contributed by atoms with E-state index in [1.54, 1.807) is 30.3 Å². The maximum atomic E-state index is 11.9. The normalized spacial score (nSPS) is 10.4. The van der Waals surface area contributed by atoms with E-state index >= 15 is 0 Å². The number of benzene rings is 2. The number of carbonyl (C=O) groups excluding carboxylic acids is 1. The molecule has 0 aliphatic rings. The van der Waals surface area contributed by atoms with Gasteiger partial charge in [0.25, 0.3) is 5.91 Å². The Bertz CT molecular complexity index is 849. The molecule has 3 rings (SSSR count). The van der Waals surface area contributed by atoms with Crippen molar-refractivity contribution in [2.24, 2.45) is 0 Å². The first-order valence-electron chi connectivity index (χ1n) is 7.10. The van der Waals surface area contributed by atoms with Crippen molar-refractivity contribution in [2.75, 3.05) is 17.7 Å². The van der Waals surface area contributed by atoms with Gasteiger partial charge in [-0.3, -0.25) is 4.79 Å². The third-order valence-corrected chi connectivity index (χ3v) is 4.08. The van der Waals surface area contributed by atoms with E-state index in [0.717, 1.165) is 11.3 Å². The molecule has 2 aromatic carbocycles. The molecule has 0 aliphatic carbocycles. The van der Waals surface area contributed by atoms with E-state index in [-0.39, 0.29) is 12.5 Å². The number of halogens is 1. The van der Waals surface area contributed by atoms with E-state index in [1.165, 1.54) is 11.3 Å². The van der Waals surface area contributed by atoms with Gasteiger partial charge in [-0.2, -0.15) is 0 Å². The minimum absolute atomic E-state index is 0.0920. The van der Waals surface area contributed by atoms with Gasteiger partial charge in [-0.1, -0.05) is 23.7 Å². The minimum Gasteiger partial charge on any atom is -0.484 e. The summed E-state index contributed by atoms with van der Waals surface area (Å²) in [5, 5.41) is 5.74. The highest BCUT2D eigenvalue weighted by Gasteiger charge is 2.07. The van der Waals surface area contributed by atoms with E-state index in [9.17, 15) is 4.79 Å². The number of thiazole rings is 1. The lowest BCUT2D eigenvalue weighted by Crippen LogP contribution is -2.20. The summed E-state index contributed by atoms with van der Waals surface area (Å²) in [5.74, 6) is 0.339. The van der Waals surface area contributed by atoms with E-state index in [4.69, 9.17) is 22.1 Å². The number of hydrogen-bond acceptors (Lipinski definition) is 5. The maximum absolute atomic E-state index is 11.9. The fraction of sp³-hybridized carbons (Fsp3) is 0.0588. The van der Waals surface area contributed by atoms with Crippen LogP contribution in [0.3, 0.4) is 0 Å². The van der Waals surface area contributed by atoms with Crippen molar-refractivity contribution in [3.05, 3.63) is 58.9 Å². The third kappa shape index (κ3) is 4.24. The van der Waals surface area contributed by atoms with Crippen LogP contribution in [0.2, 0.25) is 5.02 Å². The van der Waals surface area contributed by atoms with E-state index < -0.39 is 0 Å². The van der Waals surface area contributed by atoms with Crippen molar-refractivity contribution in [3.8, 4) is 17.0 Å². The number of hydrogen-bond donors (Lipinski definition) is 2. The van der Waals surface area contributed by atoms with Crippen molar-refractivity contribution in [1.29, 1.82) is 0 Å². The molecule has 0 fully saturated rings. The third-order valence-electron chi connectivity index (χ3n) is 3.15. The smallest absolute Gasteiger partial charge is 0.262 e. The molecule has 0 saturated carbocycles. The molecule has 1 aromatic heterocycles. The van der Waals surface area contributed by atoms with Crippen molar-refractivity contribution in [1.82, 2.24) is 4.98 Å².